The summed E-state index contributed by atoms with van der Waals surface area (Å²) in [5.41, 5.74) is 3.48. The van der Waals surface area contributed by atoms with Crippen LogP contribution in [0.3, 0.4) is 0 Å². The van der Waals surface area contributed by atoms with Crippen LogP contribution < -0.4 is 5.32 Å². The van der Waals surface area contributed by atoms with Gasteiger partial charge in [0.1, 0.15) is 5.69 Å². The van der Waals surface area contributed by atoms with E-state index in [4.69, 9.17) is 5.11 Å². The predicted molar refractivity (Wildman–Crippen MR) is 100.0 cm³/mol. The highest BCUT2D eigenvalue weighted by Gasteiger charge is 2.22. The molecule has 1 atom stereocenters. The average Bonchev–Trinajstić information content (AvgIpc) is 2.91. The smallest absolute Gasteiger partial charge is 0.310 e. The number of benzene rings is 1. The largest absolute Gasteiger partial charge is 0.481 e. The molecule has 0 aliphatic carbocycles. The van der Waals surface area contributed by atoms with Crippen LogP contribution in [0.1, 0.15) is 70.8 Å². The molecule has 0 radical (unpaired) electrons. The maximum atomic E-state index is 12.7. The number of aromatic amines is 1. The van der Waals surface area contributed by atoms with Gasteiger partial charge in [-0.1, -0.05) is 25.5 Å². The maximum Gasteiger partial charge on any atom is 0.310 e. The monoisotopic (exact) mass is 356 g/mol. The van der Waals surface area contributed by atoms with Crippen molar-refractivity contribution >= 4 is 23.3 Å². The van der Waals surface area contributed by atoms with Crippen molar-refractivity contribution in [3.05, 3.63) is 52.3 Å². The minimum atomic E-state index is -0.926. The van der Waals surface area contributed by atoms with Gasteiger partial charge in [0.25, 0.3) is 5.91 Å². The molecule has 0 saturated carbocycles. The van der Waals surface area contributed by atoms with Crippen molar-refractivity contribution in [3.63, 3.8) is 0 Å². The normalized spacial score (nSPS) is 11.8. The Hall–Kier alpha value is -2.89. The number of hydrogen-bond acceptors (Lipinski definition) is 3. The van der Waals surface area contributed by atoms with E-state index in [-0.39, 0.29) is 11.7 Å². The summed E-state index contributed by atoms with van der Waals surface area (Å²) in [5, 5.41) is 11.9. The van der Waals surface area contributed by atoms with E-state index in [9.17, 15) is 14.4 Å². The molecule has 2 aromatic rings. The van der Waals surface area contributed by atoms with Crippen LogP contribution in [-0.2, 0) is 11.2 Å². The van der Waals surface area contributed by atoms with Gasteiger partial charge < -0.3 is 15.4 Å². The van der Waals surface area contributed by atoms with Crippen molar-refractivity contribution in [1.82, 2.24) is 4.98 Å². The Morgan fingerprint density at radius 3 is 2.54 bits per heavy atom. The van der Waals surface area contributed by atoms with Gasteiger partial charge >= 0.3 is 5.97 Å². The highest BCUT2D eigenvalue weighted by atomic mass is 16.4. The van der Waals surface area contributed by atoms with E-state index < -0.39 is 11.9 Å². The lowest BCUT2D eigenvalue weighted by Crippen LogP contribution is -2.15. The van der Waals surface area contributed by atoms with E-state index >= 15 is 0 Å². The van der Waals surface area contributed by atoms with E-state index in [1.54, 1.807) is 38.1 Å². The zero-order chi connectivity index (χ0) is 19.4. The van der Waals surface area contributed by atoms with Crippen LogP contribution in [0.5, 0.6) is 0 Å². The van der Waals surface area contributed by atoms with Gasteiger partial charge in [-0.3, -0.25) is 14.4 Å². The molecule has 2 rings (SSSR count). The fourth-order valence-corrected chi connectivity index (χ4v) is 3.07. The van der Waals surface area contributed by atoms with Crippen molar-refractivity contribution in [2.24, 2.45) is 0 Å². The van der Waals surface area contributed by atoms with Gasteiger partial charge in [-0.2, -0.15) is 0 Å². The third-order valence-electron chi connectivity index (χ3n) is 4.39. The summed E-state index contributed by atoms with van der Waals surface area (Å²) in [6.07, 6.45) is 1.43. The Labute approximate surface area is 152 Å². The number of H-pyrrole nitrogens is 1. The maximum absolute atomic E-state index is 12.7. The number of amides is 1. The number of nitrogens with one attached hydrogen (secondary N) is 2. The van der Waals surface area contributed by atoms with Gasteiger partial charge in [0.05, 0.1) is 5.92 Å². The molecular weight excluding hydrogens is 332 g/mol. The molecule has 0 aliphatic rings. The molecule has 0 bridgehead atoms. The van der Waals surface area contributed by atoms with Gasteiger partial charge in [0.2, 0.25) is 0 Å². The molecule has 3 N–H and O–H groups in total. The van der Waals surface area contributed by atoms with Gasteiger partial charge in [-0.05, 0) is 50.5 Å². The molecule has 0 saturated heterocycles. The van der Waals surface area contributed by atoms with Crippen molar-refractivity contribution in [2.75, 3.05) is 5.32 Å². The summed E-state index contributed by atoms with van der Waals surface area (Å²) in [6, 6.07) is 6.77. The van der Waals surface area contributed by atoms with Gasteiger partial charge in [0, 0.05) is 16.9 Å². The standard InChI is InChI=1S/C20H24N2O4/c1-5-7-16-17(13(4)23)12(3)21-18(16)19(24)22-15-9-6-8-14(10-15)11(2)20(25)26/h6,8-11,21H,5,7H2,1-4H3,(H,22,24)(H,25,26). The second-order valence-corrected chi connectivity index (χ2v) is 6.42. The van der Waals surface area contributed by atoms with E-state index in [1.807, 2.05) is 6.92 Å². The summed E-state index contributed by atoms with van der Waals surface area (Å²) in [6.45, 7) is 6.86. The van der Waals surface area contributed by atoms with Gasteiger partial charge in [-0.15, -0.1) is 0 Å². The second-order valence-electron chi connectivity index (χ2n) is 6.42. The highest BCUT2D eigenvalue weighted by Crippen LogP contribution is 2.24. The van der Waals surface area contributed by atoms with Crippen LogP contribution in [0.2, 0.25) is 0 Å². The number of carboxylic acid groups (broad SMARTS) is 1. The lowest BCUT2D eigenvalue weighted by Gasteiger charge is -2.10. The molecule has 0 spiro atoms. The van der Waals surface area contributed by atoms with E-state index in [2.05, 4.69) is 10.3 Å². The second kappa shape index (κ2) is 7.99. The number of carboxylic acids is 1. The number of carbonyl (C=O) groups excluding carboxylic acids is 2. The zero-order valence-electron chi connectivity index (χ0n) is 15.5. The van der Waals surface area contributed by atoms with Crippen molar-refractivity contribution in [2.45, 2.75) is 46.5 Å². The van der Waals surface area contributed by atoms with E-state index in [1.165, 1.54) is 6.92 Å². The molecule has 1 aromatic carbocycles. The summed E-state index contributed by atoms with van der Waals surface area (Å²) >= 11 is 0. The van der Waals surface area contributed by atoms with Crippen LogP contribution in [-0.4, -0.2) is 27.8 Å². The van der Waals surface area contributed by atoms with E-state index in [0.717, 1.165) is 12.0 Å². The summed E-state index contributed by atoms with van der Waals surface area (Å²) in [5.74, 6) is -2.01. The first kappa shape index (κ1) is 19.4. The third-order valence-corrected chi connectivity index (χ3v) is 4.39. The van der Waals surface area contributed by atoms with Crippen LogP contribution in [0.25, 0.3) is 0 Å². The number of carbonyl (C=O) groups is 3. The van der Waals surface area contributed by atoms with Crippen LogP contribution >= 0.6 is 0 Å². The first-order valence-corrected chi connectivity index (χ1v) is 8.62. The Balaban J connectivity index is 2.34. The molecule has 0 fully saturated rings. The van der Waals surface area contributed by atoms with Crippen LogP contribution in [0.15, 0.2) is 24.3 Å². The minimum Gasteiger partial charge on any atom is -0.481 e. The van der Waals surface area contributed by atoms with Crippen LogP contribution in [0.4, 0.5) is 5.69 Å². The highest BCUT2D eigenvalue weighted by molar-refractivity contribution is 6.07. The molecular formula is C20H24N2O4. The van der Waals surface area contributed by atoms with Gasteiger partial charge in [0.15, 0.2) is 5.78 Å². The summed E-state index contributed by atoms with van der Waals surface area (Å²) < 4.78 is 0. The van der Waals surface area contributed by atoms with Crippen LogP contribution in [0, 0.1) is 6.92 Å². The Kier molecular flexibility index (Phi) is 5.97. The quantitative estimate of drug-likeness (QED) is 0.655. The topological polar surface area (TPSA) is 99.3 Å². The fourth-order valence-electron chi connectivity index (χ4n) is 3.07. The lowest BCUT2D eigenvalue weighted by atomic mass is 10.00. The Morgan fingerprint density at radius 1 is 1.27 bits per heavy atom. The minimum absolute atomic E-state index is 0.0708. The number of ketones is 1. The molecule has 6 heteroatoms. The first-order chi connectivity index (χ1) is 12.3. The number of anilines is 1. The zero-order valence-corrected chi connectivity index (χ0v) is 15.5. The molecule has 1 heterocycles. The summed E-state index contributed by atoms with van der Waals surface area (Å²) in [4.78, 5) is 38.9. The molecule has 6 nitrogen and oxygen atoms in total. The van der Waals surface area contributed by atoms with Crippen molar-refractivity contribution in [3.8, 4) is 0 Å². The predicted octanol–water partition coefficient (Wildman–Crippen LogP) is 3.92. The molecule has 1 unspecified atom stereocenters. The molecule has 138 valence electrons. The number of rotatable bonds is 7. The Bertz CT molecular complexity index is 851. The van der Waals surface area contributed by atoms with Crippen molar-refractivity contribution < 1.29 is 19.5 Å². The van der Waals surface area contributed by atoms with Crippen molar-refractivity contribution in [1.29, 1.82) is 0 Å². The number of Topliss-reactive ketones (excluding diaryl/α,β-unsaturated/α-hetero) is 1. The SMILES string of the molecule is CCCc1c(C(=O)Nc2cccc(C(C)C(=O)O)c2)[nH]c(C)c1C(C)=O. The lowest BCUT2D eigenvalue weighted by molar-refractivity contribution is -0.138. The fraction of sp³-hybridized carbons (Fsp3) is 0.350. The number of aromatic nitrogens is 1. The van der Waals surface area contributed by atoms with E-state index in [0.29, 0.717) is 34.6 Å². The molecule has 26 heavy (non-hydrogen) atoms. The molecule has 1 aromatic heterocycles. The molecule has 0 aliphatic heterocycles. The third kappa shape index (κ3) is 4.02. The number of aliphatic carboxylic acids is 1. The number of aryl methyl sites for hydroxylation is 1. The average molecular weight is 356 g/mol. The first-order valence-electron chi connectivity index (χ1n) is 8.62. The summed E-state index contributed by atoms with van der Waals surface area (Å²) in [7, 11) is 0. The molecule has 1 amide bonds. The number of hydrogen-bond donors (Lipinski definition) is 3. The van der Waals surface area contributed by atoms with Gasteiger partial charge in [-0.25, -0.2) is 0 Å². The Morgan fingerprint density at radius 2 is 1.96 bits per heavy atom.